The molecule has 3 N–H and O–H groups in total. The lowest BCUT2D eigenvalue weighted by atomic mass is 10.0. The number of carbonyl (C=O) groups is 1. The van der Waals surface area contributed by atoms with E-state index in [2.05, 4.69) is 5.73 Å². The molecule has 0 aromatic heterocycles. The number of aliphatic carboxylic acids is 1. The van der Waals surface area contributed by atoms with Crippen molar-refractivity contribution in [2.24, 2.45) is 0 Å². The van der Waals surface area contributed by atoms with Gasteiger partial charge in [-0.3, -0.25) is 0 Å². The molecule has 0 aliphatic heterocycles. The first kappa shape index (κ1) is 10.6. The predicted molar refractivity (Wildman–Crippen MR) is 41.6 cm³/mol. The van der Waals surface area contributed by atoms with Crippen LogP contribution in [0.1, 0.15) is 18.0 Å². The minimum Gasteiger partial charge on any atom is -0.550 e. The van der Waals surface area contributed by atoms with E-state index in [9.17, 15) is 18.7 Å². The maximum atomic E-state index is 13.1. The van der Waals surface area contributed by atoms with Crippen LogP contribution in [0.15, 0.2) is 18.2 Å². The summed E-state index contributed by atoms with van der Waals surface area (Å²) in [5.74, 6) is -2.95. The van der Waals surface area contributed by atoms with E-state index in [1.807, 2.05) is 0 Å². The van der Waals surface area contributed by atoms with Gasteiger partial charge >= 0.3 is 0 Å². The van der Waals surface area contributed by atoms with Crippen LogP contribution in [0.2, 0.25) is 0 Å². The van der Waals surface area contributed by atoms with Crippen molar-refractivity contribution in [3.05, 3.63) is 35.4 Å². The highest BCUT2D eigenvalue weighted by Crippen LogP contribution is 2.19. The SMILES string of the molecule is [NH3+][C@@H](CC(=O)[O-])c1c(F)cccc1F. The van der Waals surface area contributed by atoms with Crippen LogP contribution in [0.5, 0.6) is 0 Å². The lowest BCUT2D eigenvalue weighted by Crippen LogP contribution is -2.56. The predicted octanol–water partition coefficient (Wildman–Crippen LogP) is -0.612. The first-order chi connectivity index (χ1) is 6.52. The fourth-order valence-corrected chi connectivity index (χ4v) is 1.20. The third-order valence-corrected chi connectivity index (χ3v) is 1.82. The van der Waals surface area contributed by atoms with Crippen LogP contribution in [-0.4, -0.2) is 5.97 Å². The van der Waals surface area contributed by atoms with Crippen molar-refractivity contribution in [3.8, 4) is 0 Å². The number of halogens is 2. The number of carbonyl (C=O) groups excluding carboxylic acids is 1. The molecule has 14 heavy (non-hydrogen) atoms. The molecule has 0 unspecified atom stereocenters. The van der Waals surface area contributed by atoms with E-state index in [0.717, 1.165) is 12.1 Å². The molecule has 76 valence electrons. The van der Waals surface area contributed by atoms with E-state index in [4.69, 9.17) is 0 Å². The van der Waals surface area contributed by atoms with Crippen LogP contribution in [0.25, 0.3) is 0 Å². The van der Waals surface area contributed by atoms with Gasteiger partial charge in [-0.2, -0.15) is 0 Å². The van der Waals surface area contributed by atoms with Gasteiger partial charge in [-0.15, -0.1) is 0 Å². The van der Waals surface area contributed by atoms with E-state index in [0.29, 0.717) is 0 Å². The van der Waals surface area contributed by atoms with Crippen molar-refractivity contribution in [1.29, 1.82) is 0 Å². The van der Waals surface area contributed by atoms with Gasteiger partial charge in [0.25, 0.3) is 0 Å². The Labute approximate surface area is 79.2 Å². The van der Waals surface area contributed by atoms with Crippen LogP contribution < -0.4 is 10.8 Å². The zero-order valence-corrected chi connectivity index (χ0v) is 7.30. The van der Waals surface area contributed by atoms with E-state index < -0.39 is 30.1 Å². The summed E-state index contributed by atoms with van der Waals surface area (Å²) in [5.41, 5.74) is 3.06. The van der Waals surface area contributed by atoms with E-state index in [1.165, 1.54) is 6.07 Å². The van der Waals surface area contributed by atoms with Gasteiger partial charge in [0.05, 0.1) is 5.56 Å². The average Bonchev–Trinajstić information content (AvgIpc) is 2.01. The van der Waals surface area contributed by atoms with Gasteiger partial charge < -0.3 is 15.6 Å². The van der Waals surface area contributed by atoms with Crippen LogP contribution in [-0.2, 0) is 4.79 Å². The highest BCUT2D eigenvalue weighted by Gasteiger charge is 2.19. The van der Waals surface area contributed by atoms with Gasteiger partial charge in [0.2, 0.25) is 0 Å². The minimum atomic E-state index is -1.38. The Morgan fingerprint density at radius 1 is 1.43 bits per heavy atom. The normalized spacial score (nSPS) is 12.5. The van der Waals surface area contributed by atoms with Crippen LogP contribution >= 0.6 is 0 Å². The summed E-state index contributed by atoms with van der Waals surface area (Å²) >= 11 is 0. The summed E-state index contributed by atoms with van der Waals surface area (Å²) in [6, 6.07) is 2.36. The quantitative estimate of drug-likeness (QED) is 0.708. The second-order valence-corrected chi connectivity index (χ2v) is 2.91. The molecule has 0 aliphatic carbocycles. The van der Waals surface area contributed by atoms with Crippen molar-refractivity contribution in [2.45, 2.75) is 12.5 Å². The molecule has 1 aromatic carbocycles. The molecular formula is C9H9F2NO2. The standard InChI is InChI=1S/C9H9F2NO2/c10-5-2-1-3-6(11)9(5)7(12)4-8(13)14/h1-3,7H,4,12H2,(H,13,14)/t7-/m0/s1. The van der Waals surface area contributed by atoms with Crippen molar-refractivity contribution >= 4 is 5.97 Å². The molecule has 0 heterocycles. The molecule has 0 fully saturated rings. The topological polar surface area (TPSA) is 67.8 Å². The van der Waals surface area contributed by atoms with Crippen molar-refractivity contribution in [2.75, 3.05) is 0 Å². The summed E-state index contributed by atoms with van der Waals surface area (Å²) in [4.78, 5) is 10.2. The van der Waals surface area contributed by atoms with Crippen molar-refractivity contribution in [1.82, 2.24) is 0 Å². The second-order valence-electron chi connectivity index (χ2n) is 2.91. The third kappa shape index (κ3) is 2.26. The van der Waals surface area contributed by atoms with Gasteiger partial charge in [-0.25, -0.2) is 8.78 Å². The highest BCUT2D eigenvalue weighted by atomic mass is 19.1. The molecule has 1 atom stereocenters. The maximum Gasteiger partial charge on any atom is 0.135 e. The third-order valence-electron chi connectivity index (χ3n) is 1.82. The molecule has 0 spiro atoms. The Morgan fingerprint density at radius 2 is 1.93 bits per heavy atom. The van der Waals surface area contributed by atoms with Gasteiger partial charge in [-0.05, 0) is 12.1 Å². The summed E-state index contributed by atoms with van der Waals surface area (Å²) in [6.07, 6.45) is -0.502. The molecule has 0 amide bonds. The fourth-order valence-electron chi connectivity index (χ4n) is 1.20. The molecule has 0 saturated heterocycles. The Morgan fingerprint density at radius 3 is 2.36 bits per heavy atom. The number of hydrogen-bond acceptors (Lipinski definition) is 2. The average molecular weight is 201 g/mol. The number of hydrogen-bond donors (Lipinski definition) is 1. The number of carboxylic acids is 1. The smallest absolute Gasteiger partial charge is 0.135 e. The molecule has 1 rings (SSSR count). The fraction of sp³-hybridized carbons (Fsp3) is 0.222. The van der Waals surface area contributed by atoms with Gasteiger partial charge in [0, 0.05) is 12.4 Å². The summed E-state index contributed by atoms with van der Waals surface area (Å²) in [7, 11) is 0. The Hall–Kier alpha value is -1.49. The first-order valence-electron chi connectivity index (χ1n) is 3.99. The zero-order valence-electron chi connectivity index (χ0n) is 7.30. The largest absolute Gasteiger partial charge is 0.550 e. The minimum absolute atomic E-state index is 0.309. The number of rotatable bonds is 3. The molecule has 0 aliphatic rings. The van der Waals surface area contributed by atoms with Crippen LogP contribution in [0.3, 0.4) is 0 Å². The summed E-state index contributed by atoms with van der Waals surface area (Å²) in [6.45, 7) is 0. The van der Waals surface area contributed by atoms with Gasteiger partial charge in [-0.1, -0.05) is 6.07 Å². The molecule has 1 aromatic rings. The zero-order chi connectivity index (χ0) is 10.7. The molecule has 0 radical (unpaired) electrons. The van der Waals surface area contributed by atoms with Crippen molar-refractivity contribution < 1.29 is 24.4 Å². The number of quaternary nitrogens is 1. The van der Waals surface area contributed by atoms with Crippen LogP contribution in [0.4, 0.5) is 8.78 Å². The maximum absolute atomic E-state index is 13.1. The number of benzene rings is 1. The summed E-state index contributed by atoms with van der Waals surface area (Å²) in [5, 5.41) is 10.2. The summed E-state index contributed by atoms with van der Waals surface area (Å²) < 4.78 is 26.1. The van der Waals surface area contributed by atoms with Gasteiger partial charge in [0.15, 0.2) is 0 Å². The second kappa shape index (κ2) is 4.15. The molecule has 0 saturated carbocycles. The number of carboxylic acid groups (broad SMARTS) is 1. The Kier molecular flexibility index (Phi) is 3.14. The highest BCUT2D eigenvalue weighted by molar-refractivity contribution is 5.65. The molecular weight excluding hydrogens is 192 g/mol. The van der Waals surface area contributed by atoms with E-state index >= 15 is 0 Å². The van der Waals surface area contributed by atoms with Crippen LogP contribution in [0, 0.1) is 11.6 Å². The van der Waals surface area contributed by atoms with Gasteiger partial charge in [0.1, 0.15) is 17.7 Å². The Balaban J connectivity index is 2.99. The molecule has 3 nitrogen and oxygen atoms in total. The molecule has 0 bridgehead atoms. The molecule has 5 heteroatoms. The first-order valence-corrected chi connectivity index (χ1v) is 3.99. The van der Waals surface area contributed by atoms with Crippen molar-refractivity contribution in [3.63, 3.8) is 0 Å². The van der Waals surface area contributed by atoms with E-state index in [1.54, 1.807) is 0 Å². The Bertz CT molecular complexity index is 334. The monoisotopic (exact) mass is 201 g/mol. The van der Waals surface area contributed by atoms with E-state index in [-0.39, 0.29) is 5.56 Å². The lowest BCUT2D eigenvalue weighted by Gasteiger charge is -2.10. The lowest BCUT2D eigenvalue weighted by molar-refractivity contribution is -0.431.